The van der Waals surface area contributed by atoms with Crippen LogP contribution in [-0.4, -0.2) is 0 Å². The summed E-state index contributed by atoms with van der Waals surface area (Å²) in [6.07, 6.45) is 0. The van der Waals surface area contributed by atoms with Gasteiger partial charge in [-0.2, -0.15) is 0 Å². The average molecular weight is 657 g/mol. The minimum absolute atomic E-state index is 1.22. The molecule has 11 rings (SSSR count). The van der Waals surface area contributed by atoms with Gasteiger partial charge >= 0.3 is 0 Å². The van der Waals surface area contributed by atoms with Crippen molar-refractivity contribution in [2.75, 3.05) is 0 Å². The molecule has 0 heterocycles. The van der Waals surface area contributed by atoms with Gasteiger partial charge in [-0.3, -0.25) is 0 Å². The maximum atomic E-state index is 2.43. The molecule has 0 aromatic heterocycles. The summed E-state index contributed by atoms with van der Waals surface area (Å²) in [5.74, 6) is 0. The first-order valence-corrected chi connectivity index (χ1v) is 18.1. The molecule has 11 aromatic rings. The van der Waals surface area contributed by atoms with Crippen molar-refractivity contribution in [3.63, 3.8) is 0 Å². The van der Waals surface area contributed by atoms with E-state index in [0.717, 1.165) is 0 Å². The summed E-state index contributed by atoms with van der Waals surface area (Å²) in [5, 5.41) is 18.1. The average Bonchev–Trinajstić information content (AvgIpc) is 3.23. The molecule has 0 atom stereocenters. The van der Waals surface area contributed by atoms with Crippen molar-refractivity contribution < 1.29 is 0 Å². The van der Waals surface area contributed by atoms with E-state index >= 15 is 0 Å². The summed E-state index contributed by atoms with van der Waals surface area (Å²) < 4.78 is 0. The Balaban J connectivity index is 1.24. The van der Waals surface area contributed by atoms with Gasteiger partial charge in [0.15, 0.2) is 0 Å². The van der Waals surface area contributed by atoms with E-state index in [2.05, 4.69) is 194 Å². The van der Waals surface area contributed by atoms with Crippen molar-refractivity contribution in [2.24, 2.45) is 0 Å². The van der Waals surface area contributed by atoms with Crippen LogP contribution in [0.15, 0.2) is 194 Å². The zero-order chi connectivity index (χ0) is 34.2. The van der Waals surface area contributed by atoms with Gasteiger partial charge in [-0.25, -0.2) is 0 Å². The third kappa shape index (κ3) is 4.22. The van der Waals surface area contributed by atoms with Crippen LogP contribution in [0.25, 0.3) is 109 Å². The highest BCUT2D eigenvalue weighted by molar-refractivity contribution is 6.39. The molecule has 0 radical (unpaired) electrons. The van der Waals surface area contributed by atoms with Gasteiger partial charge in [0.25, 0.3) is 0 Å². The first kappa shape index (κ1) is 29.0. The van der Waals surface area contributed by atoms with Crippen LogP contribution in [0.3, 0.4) is 0 Å². The Morgan fingerprint density at radius 3 is 0.962 bits per heavy atom. The standard InChI is InChI=1S/C52H32/c1-3-15-33(16-4-1)49-43-25-13-14-26-44(43)50(34-17-5-2-6-18-34)48-32-36(28-30-46(48)49)35-27-29-45-47(31-35)39-21-9-12-24-42(39)51-40-22-10-7-19-37(40)38-20-8-11-23-41(38)52(45)51/h1-32H. The maximum absolute atomic E-state index is 2.43. The monoisotopic (exact) mass is 656 g/mol. The fourth-order valence-corrected chi connectivity index (χ4v) is 8.99. The van der Waals surface area contributed by atoms with Crippen LogP contribution in [0.5, 0.6) is 0 Å². The third-order valence-electron chi connectivity index (χ3n) is 11.2. The van der Waals surface area contributed by atoms with Crippen LogP contribution in [0.2, 0.25) is 0 Å². The largest absolute Gasteiger partial charge is 0.0622 e. The predicted molar refractivity (Wildman–Crippen MR) is 225 cm³/mol. The molecule has 0 heteroatoms. The molecule has 0 fully saturated rings. The van der Waals surface area contributed by atoms with E-state index in [4.69, 9.17) is 0 Å². The lowest BCUT2D eigenvalue weighted by molar-refractivity contribution is 1.64. The Morgan fingerprint density at radius 1 is 0.173 bits per heavy atom. The molecule has 0 unspecified atom stereocenters. The Bertz CT molecular complexity index is 3210. The van der Waals surface area contributed by atoms with Crippen LogP contribution < -0.4 is 0 Å². The molecule has 0 aliphatic heterocycles. The van der Waals surface area contributed by atoms with Crippen LogP contribution in [-0.2, 0) is 0 Å². The smallest absolute Gasteiger partial charge is 0.00139 e. The topological polar surface area (TPSA) is 0 Å². The third-order valence-corrected chi connectivity index (χ3v) is 11.2. The molecule has 0 saturated carbocycles. The maximum Gasteiger partial charge on any atom is -0.00139 e. The number of fused-ring (bicyclic) bond motifs is 13. The fourth-order valence-electron chi connectivity index (χ4n) is 8.99. The second-order valence-corrected chi connectivity index (χ2v) is 13.9. The minimum atomic E-state index is 1.22. The molecule has 0 bridgehead atoms. The molecule has 52 heavy (non-hydrogen) atoms. The molecule has 0 saturated heterocycles. The van der Waals surface area contributed by atoms with E-state index in [-0.39, 0.29) is 0 Å². The number of benzene rings is 11. The molecule has 0 N–H and O–H groups in total. The number of hydrogen-bond donors (Lipinski definition) is 0. The summed E-state index contributed by atoms with van der Waals surface area (Å²) in [6.45, 7) is 0. The predicted octanol–water partition coefficient (Wildman–Crippen LogP) is 14.8. The summed E-state index contributed by atoms with van der Waals surface area (Å²) in [6, 6.07) is 71.7. The zero-order valence-corrected chi connectivity index (χ0v) is 28.5. The van der Waals surface area contributed by atoms with E-state index in [9.17, 15) is 0 Å². The highest BCUT2D eigenvalue weighted by Crippen LogP contribution is 2.47. The lowest BCUT2D eigenvalue weighted by Crippen LogP contribution is -1.92. The van der Waals surface area contributed by atoms with Crippen molar-refractivity contribution in [1.82, 2.24) is 0 Å². The highest BCUT2D eigenvalue weighted by Gasteiger charge is 2.19. The Labute approximate surface area is 301 Å². The second-order valence-electron chi connectivity index (χ2n) is 13.9. The second kappa shape index (κ2) is 11.4. The van der Waals surface area contributed by atoms with Gasteiger partial charge in [-0.05, 0) is 121 Å². The van der Waals surface area contributed by atoms with E-state index in [0.29, 0.717) is 0 Å². The quantitative estimate of drug-likeness (QED) is 0.131. The van der Waals surface area contributed by atoms with E-state index < -0.39 is 0 Å². The normalized spacial score (nSPS) is 11.8. The molecular formula is C52H32. The first-order valence-electron chi connectivity index (χ1n) is 18.1. The van der Waals surface area contributed by atoms with Crippen LogP contribution in [0.4, 0.5) is 0 Å². The highest BCUT2D eigenvalue weighted by atomic mass is 14.2. The molecule has 11 aromatic carbocycles. The van der Waals surface area contributed by atoms with Crippen molar-refractivity contribution in [2.45, 2.75) is 0 Å². The van der Waals surface area contributed by atoms with Gasteiger partial charge in [0.1, 0.15) is 0 Å². The molecule has 240 valence electrons. The SMILES string of the molecule is c1ccc(-c2c3ccccc3c(-c3ccccc3)c3cc(-c4ccc5c(c4)c4ccccc4c4c6ccccc6c6ccccc6c54)ccc23)cc1. The summed E-state index contributed by atoms with van der Waals surface area (Å²) >= 11 is 0. The van der Waals surface area contributed by atoms with Gasteiger partial charge in [0, 0.05) is 0 Å². The van der Waals surface area contributed by atoms with Crippen molar-refractivity contribution in [1.29, 1.82) is 0 Å². The number of rotatable bonds is 3. The molecular weight excluding hydrogens is 625 g/mol. The van der Waals surface area contributed by atoms with Crippen molar-refractivity contribution in [3.8, 4) is 33.4 Å². The van der Waals surface area contributed by atoms with Gasteiger partial charge < -0.3 is 0 Å². The molecule has 0 aliphatic carbocycles. The fraction of sp³-hybridized carbons (Fsp3) is 0. The van der Waals surface area contributed by atoms with Crippen LogP contribution in [0.1, 0.15) is 0 Å². The van der Waals surface area contributed by atoms with E-state index in [1.807, 2.05) is 0 Å². The minimum Gasteiger partial charge on any atom is -0.0622 e. The lowest BCUT2D eigenvalue weighted by Gasteiger charge is -2.19. The molecule has 0 aliphatic rings. The molecule has 0 spiro atoms. The Morgan fingerprint density at radius 2 is 0.481 bits per heavy atom. The van der Waals surface area contributed by atoms with E-state index in [1.165, 1.54) is 109 Å². The Hall–Kier alpha value is -6.76. The summed E-state index contributed by atoms with van der Waals surface area (Å²) in [7, 11) is 0. The van der Waals surface area contributed by atoms with Crippen molar-refractivity contribution in [3.05, 3.63) is 194 Å². The number of hydrogen-bond acceptors (Lipinski definition) is 0. The lowest BCUT2D eigenvalue weighted by atomic mass is 9.84. The van der Waals surface area contributed by atoms with Gasteiger partial charge in [-0.1, -0.05) is 182 Å². The summed E-state index contributed by atoms with van der Waals surface area (Å²) in [5.41, 5.74) is 7.47. The summed E-state index contributed by atoms with van der Waals surface area (Å²) in [4.78, 5) is 0. The first-order chi connectivity index (χ1) is 25.8. The zero-order valence-electron chi connectivity index (χ0n) is 28.5. The van der Waals surface area contributed by atoms with Crippen LogP contribution in [0, 0.1) is 0 Å². The van der Waals surface area contributed by atoms with Gasteiger partial charge in [0.2, 0.25) is 0 Å². The van der Waals surface area contributed by atoms with Crippen molar-refractivity contribution >= 4 is 75.4 Å². The van der Waals surface area contributed by atoms with Crippen LogP contribution >= 0.6 is 0 Å². The Kier molecular flexibility index (Phi) is 6.35. The van der Waals surface area contributed by atoms with E-state index in [1.54, 1.807) is 0 Å². The van der Waals surface area contributed by atoms with Gasteiger partial charge in [-0.15, -0.1) is 0 Å². The molecule has 0 nitrogen and oxygen atoms in total. The van der Waals surface area contributed by atoms with Gasteiger partial charge in [0.05, 0.1) is 0 Å². The molecule has 0 amide bonds.